The summed E-state index contributed by atoms with van der Waals surface area (Å²) in [5.41, 5.74) is 5.31. The van der Waals surface area contributed by atoms with Gasteiger partial charge in [-0.3, -0.25) is 20.4 Å². The Morgan fingerprint density at radius 3 is 2.44 bits per heavy atom. The molecule has 1 aromatic carbocycles. The molecule has 2 N–H and O–H groups in total. The van der Waals surface area contributed by atoms with Gasteiger partial charge in [0.15, 0.2) is 5.76 Å². The van der Waals surface area contributed by atoms with Crippen molar-refractivity contribution < 1.29 is 27.2 Å². The van der Waals surface area contributed by atoms with Gasteiger partial charge in [0, 0.05) is 36.2 Å². The second kappa shape index (κ2) is 8.52. The van der Waals surface area contributed by atoms with Crippen LogP contribution in [-0.2, 0) is 11.0 Å². The number of piperidine rings is 1. The van der Waals surface area contributed by atoms with Crippen LogP contribution in [0.2, 0.25) is 0 Å². The van der Waals surface area contributed by atoms with Gasteiger partial charge < -0.3 is 9.32 Å². The standard InChI is InChI=1S/C22H21F3N4O3/c1-13-16-4-2-3-5-17(16)32-19(13)21(31)28-27-20(30)14-8-10-29(11-9-14)18-7-6-15(12-26-18)22(23,24)25/h2-7,12,14H,8-11H2,1H3,(H,27,30)(H,28,31). The van der Waals surface area contributed by atoms with E-state index in [4.69, 9.17) is 4.42 Å². The summed E-state index contributed by atoms with van der Waals surface area (Å²) in [5, 5.41) is 0.827. The number of halogens is 3. The van der Waals surface area contributed by atoms with E-state index in [2.05, 4.69) is 15.8 Å². The number of anilines is 1. The number of hydrazine groups is 1. The van der Waals surface area contributed by atoms with E-state index in [1.54, 1.807) is 19.1 Å². The number of carbonyl (C=O) groups excluding carboxylic acids is 2. The van der Waals surface area contributed by atoms with E-state index in [0.29, 0.717) is 42.9 Å². The van der Waals surface area contributed by atoms with Crippen molar-refractivity contribution >= 4 is 28.6 Å². The average Bonchev–Trinajstić information content (AvgIpc) is 3.13. The lowest BCUT2D eigenvalue weighted by atomic mass is 9.96. The fourth-order valence-corrected chi connectivity index (χ4v) is 3.78. The maximum absolute atomic E-state index is 12.7. The average molecular weight is 446 g/mol. The quantitative estimate of drug-likeness (QED) is 0.597. The van der Waals surface area contributed by atoms with Crippen LogP contribution in [0.1, 0.15) is 34.5 Å². The summed E-state index contributed by atoms with van der Waals surface area (Å²) in [6.07, 6.45) is -2.66. The van der Waals surface area contributed by atoms with Crippen LogP contribution in [0.5, 0.6) is 0 Å². The Kier molecular flexibility index (Phi) is 5.77. The second-order valence-corrected chi connectivity index (χ2v) is 7.66. The van der Waals surface area contributed by atoms with Crippen LogP contribution in [-0.4, -0.2) is 29.9 Å². The first kappa shape index (κ1) is 21.7. The highest BCUT2D eigenvalue weighted by Crippen LogP contribution is 2.30. The molecule has 0 bridgehead atoms. The number of fused-ring (bicyclic) bond motifs is 1. The van der Waals surface area contributed by atoms with E-state index in [1.165, 1.54) is 6.07 Å². The Morgan fingerprint density at radius 2 is 1.81 bits per heavy atom. The molecular formula is C22H21F3N4O3. The number of amides is 2. The SMILES string of the molecule is Cc1c(C(=O)NNC(=O)C2CCN(c3ccc(C(F)(F)F)cn3)CC2)oc2ccccc12. The smallest absolute Gasteiger partial charge is 0.417 e. The number of aromatic nitrogens is 1. The van der Waals surface area contributed by atoms with Crippen LogP contribution in [0.25, 0.3) is 11.0 Å². The molecule has 32 heavy (non-hydrogen) atoms. The molecule has 3 aromatic rings. The Bertz CT molecular complexity index is 1130. The number of benzene rings is 1. The lowest BCUT2D eigenvalue weighted by Gasteiger charge is -2.32. The highest BCUT2D eigenvalue weighted by molar-refractivity contribution is 5.99. The minimum atomic E-state index is -4.43. The number of hydrogen-bond donors (Lipinski definition) is 2. The number of aryl methyl sites for hydroxylation is 1. The number of pyridine rings is 1. The maximum Gasteiger partial charge on any atom is 0.417 e. The third-order valence-electron chi connectivity index (χ3n) is 5.61. The van der Waals surface area contributed by atoms with Crippen LogP contribution in [0.3, 0.4) is 0 Å². The summed E-state index contributed by atoms with van der Waals surface area (Å²) in [7, 11) is 0. The molecule has 10 heteroatoms. The van der Waals surface area contributed by atoms with Crippen molar-refractivity contribution in [2.24, 2.45) is 5.92 Å². The number of alkyl halides is 3. The molecule has 0 aliphatic carbocycles. The van der Waals surface area contributed by atoms with Crippen molar-refractivity contribution in [1.82, 2.24) is 15.8 Å². The molecule has 0 saturated carbocycles. The van der Waals surface area contributed by atoms with Gasteiger partial charge in [0.05, 0.1) is 5.56 Å². The zero-order valence-electron chi connectivity index (χ0n) is 17.2. The van der Waals surface area contributed by atoms with Gasteiger partial charge in [-0.1, -0.05) is 18.2 Å². The molecule has 1 fully saturated rings. The monoisotopic (exact) mass is 446 g/mol. The van der Waals surface area contributed by atoms with Crippen LogP contribution >= 0.6 is 0 Å². The molecule has 0 radical (unpaired) electrons. The normalized spacial score (nSPS) is 15.1. The molecule has 168 valence electrons. The Hall–Kier alpha value is -3.56. The maximum atomic E-state index is 12.7. The largest absolute Gasteiger partial charge is 0.451 e. The molecule has 2 aromatic heterocycles. The van der Waals surface area contributed by atoms with Crippen molar-refractivity contribution in [3.63, 3.8) is 0 Å². The predicted molar refractivity (Wildman–Crippen MR) is 111 cm³/mol. The second-order valence-electron chi connectivity index (χ2n) is 7.66. The molecule has 4 rings (SSSR count). The highest BCUT2D eigenvalue weighted by atomic mass is 19.4. The lowest BCUT2D eigenvalue weighted by Crippen LogP contribution is -2.47. The molecular weight excluding hydrogens is 425 g/mol. The van der Waals surface area contributed by atoms with Gasteiger partial charge in [-0.2, -0.15) is 13.2 Å². The summed E-state index contributed by atoms with van der Waals surface area (Å²) < 4.78 is 43.6. The number of para-hydroxylation sites is 1. The minimum Gasteiger partial charge on any atom is -0.451 e. The Morgan fingerprint density at radius 1 is 1.09 bits per heavy atom. The number of nitrogens with zero attached hydrogens (tertiary/aromatic N) is 2. The summed E-state index contributed by atoms with van der Waals surface area (Å²) in [6.45, 7) is 2.70. The zero-order valence-corrected chi connectivity index (χ0v) is 17.2. The van der Waals surface area contributed by atoms with E-state index in [9.17, 15) is 22.8 Å². The zero-order chi connectivity index (χ0) is 22.9. The molecule has 3 heterocycles. The van der Waals surface area contributed by atoms with Crippen LogP contribution in [0.15, 0.2) is 47.0 Å². The van der Waals surface area contributed by atoms with Crippen LogP contribution in [0, 0.1) is 12.8 Å². The first-order valence-corrected chi connectivity index (χ1v) is 10.1. The van der Waals surface area contributed by atoms with Gasteiger partial charge in [0.1, 0.15) is 11.4 Å². The minimum absolute atomic E-state index is 0.134. The van der Waals surface area contributed by atoms with Gasteiger partial charge in [-0.25, -0.2) is 4.98 Å². The Balaban J connectivity index is 1.30. The Labute approximate surface area is 181 Å². The summed E-state index contributed by atoms with van der Waals surface area (Å²) in [5.74, 6) is -0.636. The number of carbonyl (C=O) groups is 2. The number of nitrogens with one attached hydrogen (secondary N) is 2. The fourth-order valence-electron chi connectivity index (χ4n) is 3.78. The molecule has 0 unspecified atom stereocenters. The topological polar surface area (TPSA) is 87.5 Å². The van der Waals surface area contributed by atoms with E-state index in [0.717, 1.165) is 17.6 Å². The summed E-state index contributed by atoms with van der Waals surface area (Å²) in [6, 6.07) is 9.60. The van der Waals surface area contributed by atoms with Gasteiger partial charge in [0.2, 0.25) is 5.91 Å². The first-order chi connectivity index (χ1) is 15.2. The number of hydrogen-bond acceptors (Lipinski definition) is 5. The van der Waals surface area contributed by atoms with E-state index < -0.39 is 17.6 Å². The molecule has 1 aliphatic rings. The summed E-state index contributed by atoms with van der Waals surface area (Å²) in [4.78, 5) is 30.6. The van der Waals surface area contributed by atoms with Crippen molar-refractivity contribution in [3.05, 3.63) is 59.5 Å². The lowest BCUT2D eigenvalue weighted by molar-refractivity contribution is -0.137. The highest BCUT2D eigenvalue weighted by Gasteiger charge is 2.31. The molecule has 7 nitrogen and oxygen atoms in total. The van der Waals surface area contributed by atoms with Crippen molar-refractivity contribution in [1.29, 1.82) is 0 Å². The fraction of sp³-hybridized carbons (Fsp3) is 0.318. The number of rotatable bonds is 3. The van der Waals surface area contributed by atoms with Crippen LogP contribution in [0.4, 0.5) is 19.0 Å². The van der Waals surface area contributed by atoms with E-state index in [1.807, 2.05) is 17.0 Å². The van der Waals surface area contributed by atoms with Gasteiger partial charge in [-0.15, -0.1) is 0 Å². The molecule has 0 atom stereocenters. The summed E-state index contributed by atoms with van der Waals surface area (Å²) >= 11 is 0. The molecule has 1 saturated heterocycles. The van der Waals surface area contributed by atoms with Gasteiger partial charge in [-0.05, 0) is 38.0 Å². The van der Waals surface area contributed by atoms with Crippen LogP contribution < -0.4 is 15.8 Å². The van der Waals surface area contributed by atoms with Crippen molar-refractivity contribution in [3.8, 4) is 0 Å². The van der Waals surface area contributed by atoms with Gasteiger partial charge >= 0.3 is 12.1 Å². The third kappa shape index (κ3) is 4.39. The molecule has 0 spiro atoms. The van der Waals surface area contributed by atoms with Gasteiger partial charge in [0.25, 0.3) is 0 Å². The first-order valence-electron chi connectivity index (χ1n) is 10.1. The van der Waals surface area contributed by atoms with Crippen molar-refractivity contribution in [2.75, 3.05) is 18.0 Å². The molecule has 1 aliphatic heterocycles. The third-order valence-corrected chi connectivity index (χ3v) is 5.61. The van der Waals surface area contributed by atoms with E-state index in [-0.39, 0.29) is 17.6 Å². The number of furan rings is 1. The predicted octanol–water partition coefficient (Wildman–Crippen LogP) is 3.83. The molecule has 2 amide bonds. The van der Waals surface area contributed by atoms with E-state index >= 15 is 0 Å². The van der Waals surface area contributed by atoms with Crippen molar-refractivity contribution in [2.45, 2.75) is 25.9 Å².